The van der Waals surface area contributed by atoms with E-state index >= 15 is 0 Å². The van der Waals surface area contributed by atoms with Crippen molar-refractivity contribution in [3.63, 3.8) is 0 Å². The number of halogens is 4. The van der Waals surface area contributed by atoms with Crippen LogP contribution in [0.25, 0.3) is 0 Å². The van der Waals surface area contributed by atoms with Crippen LogP contribution in [0.5, 0.6) is 0 Å². The zero-order valence-electron chi connectivity index (χ0n) is 7.66. The molecule has 0 radical (unpaired) electrons. The van der Waals surface area contributed by atoms with Gasteiger partial charge in [-0.2, -0.15) is 0 Å². The summed E-state index contributed by atoms with van der Waals surface area (Å²) in [5.41, 5.74) is -1.05. The molecule has 2 rings (SSSR count). The van der Waals surface area contributed by atoms with Crippen LogP contribution in [0.4, 0.5) is 13.2 Å². The van der Waals surface area contributed by atoms with Crippen LogP contribution in [0.2, 0.25) is 5.02 Å². The molecule has 0 saturated heterocycles. The summed E-state index contributed by atoms with van der Waals surface area (Å²) in [5.74, 6) is -3.57. The van der Waals surface area contributed by atoms with Crippen molar-refractivity contribution in [2.75, 3.05) is 0 Å². The highest BCUT2D eigenvalue weighted by molar-refractivity contribution is 6.31. The van der Waals surface area contributed by atoms with Gasteiger partial charge >= 0.3 is 0 Å². The summed E-state index contributed by atoms with van der Waals surface area (Å²) >= 11 is 5.27. The molecular weight excluding hydrogens is 229 g/mol. The van der Waals surface area contributed by atoms with E-state index < -0.39 is 28.1 Å². The van der Waals surface area contributed by atoms with Gasteiger partial charge in [0.1, 0.15) is 10.8 Å². The topological polar surface area (TPSA) is 20.2 Å². The number of hydrogen-bond donors (Lipinski definition) is 1. The minimum Gasteiger partial charge on any atom is -0.390 e. The molecule has 0 aliphatic heterocycles. The first-order valence-electron chi connectivity index (χ1n) is 4.47. The van der Waals surface area contributed by atoms with Gasteiger partial charge in [0.2, 0.25) is 0 Å². The minimum absolute atomic E-state index is 0.0320. The smallest absolute Gasteiger partial charge is 0.180 e. The monoisotopic (exact) mass is 236 g/mol. The maximum Gasteiger partial charge on any atom is 0.180 e. The van der Waals surface area contributed by atoms with Crippen LogP contribution >= 0.6 is 11.6 Å². The molecule has 1 nitrogen and oxygen atoms in total. The number of hydrogen-bond acceptors (Lipinski definition) is 1. The van der Waals surface area contributed by atoms with Crippen LogP contribution in [-0.2, 0) is 6.42 Å². The van der Waals surface area contributed by atoms with E-state index in [1.807, 2.05) is 0 Å². The Kier molecular flexibility index (Phi) is 2.43. The molecule has 1 aromatic carbocycles. The van der Waals surface area contributed by atoms with Gasteiger partial charge in [0.25, 0.3) is 0 Å². The Labute approximate surface area is 89.5 Å². The first kappa shape index (κ1) is 10.8. The number of benzene rings is 1. The van der Waals surface area contributed by atoms with Gasteiger partial charge in [0.05, 0.1) is 5.60 Å². The van der Waals surface area contributed by atoms with Gasteiger partial charge in [-0.05, 0) is 24.5 Å². The fraction of sp³-hybridized carbons (Fsp3) is 0.400. The molecule has 15 heavy (non-hydrogen) atoms. The van der Waals surface area contributed by atoms with Crippen LogP contribution in [0, 0.1) is 17.5 Å². The summed E-state index contributed by atoms with van der Waals surface area (Å²) in [6.45, 7) is 0. The van der Waals surface area contributed by atoms with Gasteiger partial charge in [-0.1, -0.05) is 11.6 Å². The molecule has 0 atom stereocenters. The molecule has 1 saturated carbocycles. The van der Waals surface area contributed by atoms with Crippen LogP contribution in [-0.4, -0.2) is 10.7 Å². The van der Waals surface area contributed by atoms with Gasteiger partial charge in [-0.15, -0.1) is 0 Å². The number of aliphatic hydroxyl groups is 1. The second-order valence-corrected chi connectivity index (χ2v) is 4.24. The molecule has 1 aromatic rings. The maximum atomic E-state index is 13.4. The third-order valence-corrected chi connectivity index (χ3v) is 2.86. The highest BCUT2D eigenvalue weighted by Gasteiger charge is 2.41. The fourth-order valence-corrected chi connectivity index (χ4v) is 1.64. The lowest BCUT2D eigenvalue weighted by Crippen LogP contribution is -2.13. The highest BCUT2D eigenvalue weighted by Crippen LogP contribution is 2.39. The van der Waals surface area contributed by atoms with E-state index in [0.29, 0.717) is 12.8 Å². The van der Waals surface area contributed by atoms with E-state index in [2.05, 4.69) is 0 Å². The molecule has 82 valence electrons. The van der Waals surface area contributed by atoms with Crippen LogP contribution < -0.4 is 0 Å². The Bertz CT molecular complexity index is 416. The second-order valence-electron chi connectivity index (χ2n) is 3.86. The van der Waals surface area contributed by atoms with Crippen molar-refractivity contribution in [1.82, 2.24) is 0 Å². The summed E-state index contributed by atoms with van der Waals surface area (Å²) < 4.78 is 39.1. The maximum absolute atomic E-state index is 13.4. The molecule has 0 heterocycles. The Morgan fingerprint density at radius 2 is 1.87 bits per heavy atom. The lowest BCUT2D eigenvalue weighted by molar-refractivity contribution is 0.149. The molecule has 1 aliphatic rings. The van der Waals surface area contributed by atoms with E-state index in [1.165, 1.54) is 0 Å². The highest BCUT2D eigenvalue weighted by atomic mass is 35.5. The molecule has 0 spiro atoms. The molecule has 0 bridgehead atoms. The molecule has 1 N–H and O–H groups in total. The molecule has 5 heteroatoms. The van der Waals surface area contributed by atoms with Crippen molar-refractivity contribution in [1.29, 1.82) is 0 Å². The Hall–Kier alpha value is -0.740. The van der Waals surface area contributed by atoms with Crippen molar-refractivity contribution in [3.8, 4) is 0 Å². The third-order valence-electron chi connectivity index (χ3n) is 2.52. The van der Waals surface area contributed by atoms with E-state index in [4.69, 9.17) is 11.6 Å². The predicted octanol–water partition coefficient (Wildman–Crippen LogP) is 2.82. The largest absolute Gasteiger partial charge is 0.390 e. The van der Waals surface area contributed by atoms with E-state index in [0.717, 1.165) is 6.07 Å². The molecular formula is C10H8ClF3O. The second kappa shape index (κ2) is 3.39. The summed E-state index contributed by atoms with van der Waals surface area (Å²) in [6.07, 6.45) is 1.06. The predicted molar refractivity (Wildman–Crippen MR) is 49.2 cm³/mol. The fourth-order valence-electron chi connectivity index (χ4n) is 1.43. The van der Waals surface area contributed by atoms with Crippen LogP contribution in [0.15, 0.2) is 6.07 Å². The molecule has 0 aromatic heterocycles. The zero-order valence-corrected chi connectivity index (χ0v) is 8.41. The van der Waals surface area contributed by atoms with Gasteiger partial charge in [-0.3, -0.25) is 0 Å². The zero-order chi connectivity index (χ0) is 11.2. The average Bonchev–Trinajstić information content (AvgIpc) is 2.89. The lowest BCUT2D eigenvalue weighted by Gasteiger charge is -2.10. The Balaban J connectivity index is 2.39. The van der Waals surface area contributed by atoms with Crippen molar-refractivity contribution in [2.45, 2.75) is 24.9 Å². The first-order valence-corrected chi connectivity index (χ1v) is 4.85. The van der Waals surface area contributed by atoms with Gasteiger partial charge < -0.3 is 5.11 Å². The van der Waals surface area contributed by atoms with Crippen molar-refractivity contribution in [2.24, 2.45) is 0 Å². The lowest BCUT2D eigenvalue weighted by atomic mass is 10.1. The summed E-state index contributed by atoms with van der Waals surface area (Å²) in [6, 6.07) is 0.743. The minimum atomic E-state index is -1.39. The van der Waals surface area contributed by atoms with Crippen molar-refractivity contribution in [3.05, 3.63) is 34.1 Å². The van der Waals surface area contributed by atoms with E-state index in [1.54, 1.807) is 0 Å². The molecule has 1 aliphatic carbocycles. The van der Waals surface area contributed by atoms with Crippen molar-refractivity contribution >= 4 is 11.6 Å². The van der Waals surface area contributed by atoms with Crippen LogP contribution in [0.1, 0.15) is 18.4 Å². The summed E-state index contributed by atoms with van der Waals surface area (Å²) in [4.78, 5) is 0. The SMILES string of the molecule is OC1(Cc2cc(F)c(F)c(Cl)c2F)CC1. The van der Waals surface area contributed by atoms with Gasteiger partial charge in [0, 0.05) is 6.42 Å². The third kappa shape index (κ3) is 1.96. The van der Waals surface area contributed by atoms with Crippen molar-refractivity contribution < 1.29 is 18.3 Å². The summed E-state index contributed by atoms with van der Waals surface area (Å²) in [7, 11) is 0. The average molecular weight is 237 g/mol. The van der Waals surface area contributed by atoms with E-state index in [9.17, 15) is 18.3 Å². The van der Waals surface area contributed by atoms with Gasteiger partial charge in [-0.25, -0.2) is 13.2 Å². The van der Waals surface area contributed by atoms with Crippen LogP contribution in [0.3, 0.4) is 0 Å². The molecule has 1 fully saturated rings. The molecule has 0 amide bonds. The Morgan fingerprint density at radius 3 is 2.40 bits per heavy atom. The standard InChI is InChI=1S/C10H8ClF3O/c11-7-8(13)5(3-6(12)9(7)14)4-10(15)1-2-10/h3,15H,1-2,4H2. The van der Waals surface area contributed by atoms with E-state index in [-0.39, 0.29) is 12.0 Å². The summed E-state index contributed by atoms with van der Waals surface area (Å²) in [5, 5.41) is 8.68. The normalized spacial score (nSPS) is 17.9. The number of rotatable bonds is 2. The molecule has 0 unspecified atom stereocenters. The Morgan fingerprint density at radius 1 is 1.27 bits per heavy atom. The van der Waals surface area contributed by atoms with Gasteiger partial charge in [0.15, 0.2) is 11.6 Å². The quantitative estimate of drug-likeness (QED) is 0.618. The first-order chi connectivity index (χ1) is 6.93.